The number of amides is 3. The van der Waals surface area contributed by atoms with Crippen LogP contribution in [0.4, 0.5) is 5.13 Å². The molecule has 8 heteroatoms. The summed E-state index contributed by atoms with van der Waals surface area (Å²) in [5.41, 5.74) is 0. The van der Waals surface area contributed by atoms with Gasteiger partial charge in [-0.15, -0.1) is 10.2 Å². The molecule has 0 aliphatic carbocycles. The first-order valence-corrected chi connectivity index (χ1v) is 7.37. The first-order chi connectivity index (χ1) is 9.60. The van der Waals surface area contributed by atoms with Gasteiger partial charge in [-0.3, -0.25) is 19.3 Å². The van der Waals surface area contributed by atoms with Crippen LogP contribution in [0.5, 0.6) is 0 Å². The average molecular weight is 296 g/mol. The molecule has 1 aliphatic rings. The van der Waals surface area contributed by atoms with Gasteiger partial charge >= 0.3 is 0 Å². The lowest BCUT2D eigenvalue weighted by Gasteiger charge is -2.12. The molecule has 20 heavy (non-hydrogen) atoms. The lowest BCUT2D eigenvalue weighted by molar-refractivity contribution is -0.138. The van der Waals surface area contributed by atoms with Crippen LogP contribution in [0, 0.1) is 0 Å². The molecule has 0 atom stereocenters. The maximum atomic E-state index is 11.7. The van der Waals surface area contributed by atoms with Gasteiger partial charge in [0.25, 0.3) is 0 Å². The van der Waals surface area contributed by atoms with Gasteiger partial charge in [0.05, 0.1) is 0 Å². The Balaban J connectivity index is 1.80. The molecule has 0 aromatic carbocycles. The number of rotatable bonds is 6. The molecule has 0 saturated carbocycles. The summed E-state index contributed by atoms with van der Waals surface area (Å²) < 4.78 is 0. The van der Waals surface area contributed by atoms with Crippen molar-refractivity contribution in [2.45, 2.75) is 39.0 Å². The first-order valence-electron chi connectivity index (χ1n) is 6.55. The quantitative estimate of drug-likeness (QED) is 0.790. The molecule has 1 saturated heterocycles. The zero-order chi connectivity index (χ0) is 14.5. The number of carbonyl (C=O) groups is 3. The third-order valence-corrected chi connectivity index (χ3v) is 3.79. The van der Waals surface area contributed by atoms with Crippen LogP contribution in [0.15, 0.2) is 0 Å². The van der Waals surface area contributed by atoms with Gasteiger partial charge in [-0.25, -0.2) is 0 Å². The fourth-order valence-electron chi connectivity index (χ4n) is 1.89. The maximum absolute atomic E-state index is 11.7. The molecule has 2 rings (SSSR count). The van der Waals surface area contributed by atoms with E-state index in [1.165, 1.54) is 11.3 Å². The number of aromatic nitrogens is 2. The molecule has 1 aromatic heterocycles. The van der Waals surface area contributed by atoms with E-state index in [1.807, 2.05) is 6.92 Å². The van der Waals surface area contributed by atoms with Crippen molar-refractivity contribution < 1.29 is 14.4 Å². The smallest absolute Gasteiger partial charge is 0.229 e. The number of anilines is 1. The molecular formula is C12H16N4O3S. The number of nitrogens with one attached hydrogen (secondary N) is 1. The largest absolute Gasteiger partial charge is 0.300 e. The molecule has 0 spiro atoms. The molecule has 0 bridgehead atoms. The van der Waals surface area contributed by atoms with E-state index in [0.717, 1.165) is 22.7 Å². The van der Waals surface area contributed by atoms with Crippen molar-refractivity contribution in [3.8, 4) is 0 Å². The number of aryl methyl sites for hydroxylation is 1. The molecule has 2 heterocycles. The fourth-order valence-corrected chi connectivity index (χ4v) is 2.74. The summed E-state index contributed by atoms with van der Waals surface area (Å²) in [5.74, 6) is -0.676. The Morgan fingerprint density at radius 1 is 1.30 bits per heavy atom. The number of hydrogen-bond acceptors (Lipinski definition) is 6. The summed E-state index contributed by atoms with van der Waals surface area (Å²) in [4.78, 5) is 35.6. The van der Waals surface area contributed by atoms with Crippen molar-refractivity contribution in [3.05, 3.63) is 5.01 Å². The van der Waals surface area contributed by atoms with E-state index >= 15 is 0 Å². The molecule has 7 nitrogen and oxygen atoms in total. The van der Waals surface area contributed by atoms with E-state index in [-0.39, 0.29) is 43.5 Å². The molecule has 3 amide bonds. The minimum Gasteiger partial charge on any atom is -0.300 e. The van der Waals surface area contributed by atoms with Crippen molar-refractivity contribution >= 4 is 34.2 Å². The zero-order valence-corrected chi connectivity index (χ0v) is 12.0. The van der Waals surface area contributed by atoms with Crippen molar-refractivity contribution in [1.29, 1.82) is 0 Å². The topological polar surface area (TPSA) is 92.3 Å². The second kappa shape index (κ2) is 6.56. The third-order valence-electron chi connectivity index (χ3n) is 2.89. The number of likely N-dealkylation sites (tertiary alicyclic amines) is 1. The second-order valence-corrected chi connectivity index (χ2v) is 5.55. The Bertz CT molecular complexity index is 513. The predicted octanol–water partition coefficient (Wildman–Crippen LogP) is 0.968. The van der Waals surface area contributed by atoms with E-state index in [4.69, 9.17) is 0 Å². The van der Waals surface area contributed by atoms with E-state index in [0.29, 0.717) is 5.13 Å². The van der Waals surface area contributed by atoms with E-state index < -0.39 is 0 Å². The molecular weight excluding hydrogens is 280 g/mol. The van der Waals surface area contributed by atoms with Gasteiger partial charge in [-0.05, 0) is 6.42 Å². The fraction of sp³-hybridized carbons (Fsp3) is 0.583. The summed E-state index contributed by atoms with van der Waals surface area (Å²) in [7, 11) is 0. The van der Waals surface area contributed by atoms with Gasteiger partial charge in [0, 0.05) is 32.2 Å². The van der Waals surface area contributed by atoms with E-state index in [1.54, 1.807) is 0 Å². The highest BCUT2D eigenvalue weighted by Gasteiger charge is 2.28. The average Bonchev–Trinajstić information content (AvgIpc) is 2.96. The lowest BCUT2D eigenvalue weighted by Crippen LogP contribution is -2.32. The van der Waals surface area contributed by atoms with Gasteiger partial charge in [-0.1, -0.05) is 18.3 Å². The second-order valence-electron chi connectivity index (χ2n) is 4.49. The number of nitrogens with zero attached hydrogens (tertiary/aromatic N) is 3. The molecule has 1 aliphatic heterocycles. The normalized spacial score (nSPS) is 14.9. The maximum Gasteiger partial charge on any atom is 0.229 e. The van der Waals surface area contributed by atoms with Gasteiger partial charge in [-0.2, -0.15) is 0 Å². The van der Waals surface area contributed by atoms with Crippen LogP contribution in [0.2, 0.25) is 0 Å². The van der Waals surface area contributed by atoms with Crippen LogP contribution < -0.4 is 5.32 Å². The Hall–Kier alpha value is -1.83. The Labute approximate surface area is 120 Å². The van der Waals surface area contributed by atoms with E-state index in [9.17, 15) is 14.4 Å². The highest BCUT2D eigenvalue weighted by molar-refractivity contribution is 7.15. The summed E-state index contributed by atoms with van der Waals surface area (Å²) >= 11 is 1.34. The molecule has 1 aromatic rings. The SMILES string of the molecule is CCCc1nnc(NC(=O)CCN2C(=O)CCC2=O)s1. The van der Waals surface area contributed by atoms with Gasteiger partial charge in [0.2, 0.25) is 22.9 Å². The van der Waals surface area contributed by atoms with Crippen molar-refractivity contribution in [2.75, 3.05) is 11.9 Å². The number of hydrogen-bond donors (Lipinski definition) is 1. The molecule has 1 N–H and O–H groups in total. The van der Waals surface area contributed by atoms with Crippen LogP contribution in [0.1, 0.15) is 37.6 Å². The zero-order valence-electron chi connectivity index (χ0n) is 11.2. The van der Waals surface area contributed by atoms with Crippen LogP contribution in [0.25, 0.3) is 0 Å². The number of carbonyl (C=O) groups excluding carboxylic acids is 3. The van der Waals surface area contributed by atoms with Crippen LogP contribution in [-0.2, 0) is 20.8 Å². The lowest BCUT2D eigenvalue weighted by atomic mass is 10.3. The Kier molecular flexibility index (Phi) is 4.78. The molecule has 0 radical (unpaired) electrons. The molecule has 1 fully saturated rings. The minimum atomic E-state index is -0.267. The molecule has 0 unspecified atom stereocenters. The van der Waals surface area contributed by atoms with Gasteiger partial charge in [0.1, 0.15) is 5.01 Å². The van der Waals surface area contributed by atoms with Crippen molar-refractivity contribution in [3.63, 3.8) is 0 Å². The van der Waals surface area contributed by atoms with Crippen LogP contribution >= 0.6 is 11.3 Å². The van der Waals surface area contributed by atoms with Gasteiger partial charge < -0.3 is 5.32 Å². The van der Waals surface area contributed by atoms with Crippen molar-refractivity contribution in [1.82, 2.24) is 15.1 Å². The van der Waals surface area contributed by atoms with E-state index in [2.05, 4.69) is 15.5 Å². The van der Waals surface area contributed by atoms with Crippen molar-refractivity contribution in [2.24, 2.45) is 0 Å². The predicted molar refractivity (Wildman–Crippen MR) is 73.1 cm³/mol. The summed E-state index contributed by atoms with van der Waals surface area (Å²) in [6, 6.07) is 0. The van der Waals surface area contributed by atoms with Crippen LogP contribution in [0.3, 0.4) is 0 Å². The minimum absolute atomic E-state index is 0.0835. The van der Waals surface area contributed by atoms with Gasteiger partial charge in [0.15, 0.2) is 0 Å². The summed E-state index contributed by atoms with van der Waals surface area (Å²) in [5, 5.41) is 11.8. The highest BCUT2D eigenvalue weighted by Crippen LogP contribution is 2.17. The third kappa shape index (κ3) is 3.60. The standard InChI is InChI=1S/C12H16N4O3S/c1-2-3-9-14-15-12(20-9)13-8(17)6-7-16-10(18)4-5-11(16)19/h2-7H2,1H3,(H,13,15,17). The summed E-state index contributed by atoms with van der Waals surface area (Å²) in [6.07, 6.45) is 2.39. The molecule has 108 valence electrons. The monoisotopic (exact) mass is 296 g/mol. The first kappa shape index (κ1) is 14.6. The van der Waals surface area contributed by atoms with Crippen LogP contribution in [-0.4, -0.2) is 39.4 Å². The Morgan fingerprint density at radius 2 is 2.00 bits per heavy atom. The Morgan fingerprint density at radius 3 is 2.65 bits per heavy atom. The number of imide groups is 1. The highest BCUT2D eigenvalue weighted by atomic mass is 32.1. The summed E-state index contributed by atoms with van der Waals surface area (Å²) in [6.45, 7) is 2.17.